The minimum atomic E-state index is -0.139. The zero-order chi connectivity index (χ0) is 13.4. The fourth-order valence-electron chi connectivity index (χ4n) is 2.82. The van der Waals surface area contributed by atoms with Crippen molar-refractivity contribution >= 4 is 27.7 Å². The van der Waals surface area contributed by atoms with Crippen LogP contribution in [0.5, 0.6) is 0 Å². The number of benzene rings is 1. The van der Waals surface area contributed by atoms with Crippen LogP contribution in [-0.4, -0.2) is 16.7 Å². The van der Waals surface area contributed by atoms with Crippen LogP contribution in [-0.2, 0) is 16.1 Å². The molecule has 1 aliphatic carbocycles. The van der Waals surface area contributed by atoms with Crippen molar-refractivity contribution in [1.29, 1.82) is 0 Å². The highest BCUT2D eigenvalue weighted by Crippen LogP contribution is 2.36. The first kappa shape index (κ1) is 12.6. The number of nitrogens with zero attached hydrogens (tertiary/aromatic N) is 1. The SMILES string of the molecule is O=C1[C@H]2CC=CC[C@@H]2C(=O)N1Cc1ccccc1Br. The molecule has 0 radical (unpaired) electrons. The van der Waals surface area contributed by atoms with Gasteiger partial charge >= 0.3 is 0 Å². The molecule has 1 saturated heterocycles. The summed E-state index contributed by atoms with van der Waals surface area (Å²) in [5, 5.41) is 0. The second-order valence-corrected chi connectivity index (χ2v) is 5.86. The Hall–Kier alpha value is -1.42. The monoisotopic (exact) mass is 319 g/mol. The molecule has 3 nitrogen and oxygen atoms in total. The van der Waals surface area contributed by atoms with Gasteiger partial charge in [-0.1, -0.05) is 46.3 Å². The van der Waals surface area contributed by atoms with Crippen molar-refractivity contribution in [2.75, 3.05) is 0 Å². The van der Waals surface area contributed by atoms with Crippen LogP contribution in [0.4, 0.5) is 0 Å². The molecule has 0 spiro atoms. The lowest BCUT2D eigenvalue weighted by Crippen LogP contribution is -2.30. The van der Waals surface area contributed by atoms with Crippen LogP contribution in [0.1, 0.15) is 18.4 Å². The Morgan fingerprint density at radius 3 is 2.21 bits per heavy atom. The maximum absolute atomic E-state index is 12.3. The van der Waals surface area contributed by atoms with Crippen LogP contribution in [0.3, 0.4) is 0 Å². The van der Waals surface area contributed by atoms with Crippen molar-refractivity contribution in [2.24, 2.45) is 11.8 Å². The average Bonchev–Trinajstić information content (AvgIpc) is 2.67. The summed E-state index contributed by atoms with van der Waals surface area (Å²) in [6, 6.07) is 7.70. The lowest BCUT2D eigenvalue weighted by molar-refractivity contribution is -0.140. The number of carbonyl (C=O) groups is 2. The summed E-state index contributed by atoms with van der Waals surface area (Å²) in [7, 11) is 0. The summed E-state index contributed by atoms with van der Waals surface area (Å²) in [6.45, 7) is 0.367. The van der Waals surface area contributed by atoms with Crippen molar-refractivity contribution in [1.82, 2.24) is 4.90 Å². The Labute approximate surface area is 120 Å². The Morgan fingerprint density at radius 2 is 1.63 bits per heavy atom. The van der Waals surface area contributed by atoms with Crippen LogP contribution >= 0.6 is 15.9 Å². The third kappa shape index (κ3) is 2.14. The number of likely N-dealkylation sites (tertiary alicyclic amines) is 1. The molecular formula is C15H14BrNO2. The van der Waals surface area contributed by atoms with Gasteiger partial charge in [0, 0.05) is 4.47 Å². The number of carbonyl (C=O) groups excluding carboxylic acids is 2. The Morgan fingerprint density at radius 1 is 1.05 bits per heavy atom. The molecule has 2 atom stereocenters. The fourth-order valence-corrected chi connectivity index (χ4v) is 3.23. The largest absolute Gasteiger partial charge is 0.278 e. The first-order valence-corrected chi connectivity index (χ1v) is 7.21. The molecule has 2 aliphatic rings. The molecule has 1 aromatic rings. The maximum atomic E-state index is 12.3. The first-order valence-electron chi connectivity index (χ1n) is 6.42. The summed E-state index contributed by atoms with van der Waals surface area (Å²) in [4.78, 5) is 26.1. The number of allylic oxidation sites excluding steroid dienone is 2. The molecule has 0 N–H and O–H groups in total. The van der Waals surface area contributed by atoms with E-state index in [2.05, 4.69) is 15.9 Å². The lowest BCUT2D eigenvalue weighted by atomic mass is 9.85. The molecule has 0 bridgehead atoms. The lowest BCUT2D eigenvalue weighted by Gasteiger charge is -2.15. The van der Waals surface area contributed by atoms with Gasteiger partial charge in [0.05, 0.1) is 18.4 Å². The van der Waals surface area contributed by atoms with E-state index in [9.17, 15) is 9.59 Å². The van der Waals surface area contributed by atoms with Gasteiger partial charge in [0.25, 0.3) is 0 Å². The second kappa shape index (κ2) is 4.93. The molecule has 1 heterocycles. The first-order chi connectivity index (χ1) is 9.18. The zero-order valence-corrected chi connectivity index (χ0v) is 12.0. The summed E-state index contributed by atoms with van der Waals surface area (Å²) < 4.78 is 0.934. The molecule has 2 amide bonds. The van der Waals surface area contributed by atoms with Crippen LogP contribution < -0.4 is 0 Å². The highest BCUT2D eigenvalue weighted by atomic mass is 79.9. The smallest absolute Gasteiger partial charge is 0.233 e. The van der Waals surface area contributed by atoms with Crippen LogP contribution in [0.25, 0.3) is 0 Å². The maximum Gasteiger partial charge on any atom is 0.233 e. The number of rotatable bonds is 2. The van der Waals surface area contributed by atoms with Crippen molar-refractivity contribution in [2.45, 2.75) is 19.4 Å². The van der Waals surface area contributed by atoms with Gasteiger partial charge in [-0.05, 0) is 24.5 Å². The van der Waals surface area contributed by atoms with Gasteiger partial charge in [0.1, 0.15) is 0 Å². The van der Waals surface area contributed by atoms with Gasteiger partial charge in [-0.2, -0.15) is 0 Å². The summed E-state index contributed by atoms with van der Waals surface area (Å²) in [5.74, 6) is -0.315. The zero-order valence-electron chi connectivity index (χ0n) is 10.4. The van der Waals surface area contributed by atoms with Crippen LogP contribution in [0.15, 0.2) is 40.9 Å². The summed E-state index contributed by atoms with van der Waals surface area (Å²) >= 11 is 3.46. The third-order valence-corrected chi connectivity index (χ3v) is 4.66. The van der Waals surface area contributed by atoms with Crippen molar-refractivity contribution in [3.05, 3.63) is 46.5 Å². The van der Waals surface area contributed by atoms with E-state index in [1.807, 2.05) is 36.4 Å². The molecule has 1 fully saturated rings. The number of halogens is 1. The van der Waals surface area contributed by atoms with Crippen LogP contribution in [0, 0.1) is 11.8 Å². The Kier molecular flexibility index (Phi) is 3.27. The minimum absolute atomic E-state index is 0.0184. The fraction of sp³-hybridized carbons (Fsp3) is 0.333. The Bertz CT molecular complexity index is 541. The van der Waals surface area contributed by atoms with Gasteiger partial charge in [-0.3, -0.25) is 14.5 Å². The highest BCUT2D eigenvalue weighted by Gasteiger charge is 2.46. The number of amides is 2. The molecular weight excluding hydrogens is 306 g/mol. The van der Waals surface area contributed by atoms with E-state index >= 15 is 0 Å². The molecule has 19 heavy (non-hydrogen) atoms. The van der Waals surface area contributed by atoms with Gasteiger partial charge in [-0.25, -0.2) is 0 Å². The van der Waals surface area contributed by atoms with E-state index in [1.54, 1.807) is 0 Å². The van der Waals surface area contributed by atoms with Crippen LogP contribution in [0.2, 0.25) is 0 Å². The standard InChI is InChI=1S/C15H14BrNO2/c16-13-8-4-1-5-10(13)9-17-14(18)11-6-2-3-7-12(11)15(17)19/h1-5,8,11-12H,6-7,9H2/t11-,12-/m0/s1. The molecule has 0 aromatic heterocycles. The van der Waals surface area contributed by atoms with E-state index in [-0.39, 0.29) is 23.7 Å². The predicted octanol–water partition coefficient (Wildman–Crippen LogP) is 2.90. The van der Waals surface area contributed by atoms with E-state index in [0.29, 0.717) is 19.4 Å². The average molecular weight is 320 g/mol. The number of fused-ring (bicyclic) bond motifs is 1. The molecule has 4 heteroatoms. The number of hydrogen-bond acceptors (Lipinski definition) is 2. The number of imide groups is 1. The van der Waals surface area contributed by atoms with E-state index in [0.717, 1.165) is 10.0 Å². The Balaban J connectivity index is 1.85. The van der Waals surface area contributed by atoms with Gasteiger partial charge < -0.3 is 0 Å². The van der Waals surface area contributed by atoms with Gasteiger partial charge in [-0.15, -0.1) is 0 Å². The summed E-state index contributed by atoms with van der Waals surface area (Å²) in [5.41, 5.74) is 0.968. The highest BCUT2D eigenvalue weighted by molar-refractivity contribution is 9.10. The molecule has 3 rings (SSSR count). The van der Waals surface area contributed by atoms with Gasteiger partial charge in [0.2, 0.25) is 11.8 Å². The van der Waals surface area contributed by atoms with Gasteiger partial charge in [0.15, 0.2) is 0 Å². The number of hydrogen-bond donors (Lipinski definition) is 0. The minimum Gasteiger partial charge on any atom is -0.278 e. The third-order valence-electron chi connectivity index (χ3n) is 3.89. The topological polar surface area (TPSA) is 37.4 Å². The quantitative estimate of drug-likeness (QED) is 0.621. The molecule has 0 saturated carbocycles. The van der Waals surface area contributed by atoms with Crippen molar-refractivity contribution in [3.63, 3.8) is 0 Å². The van der Waals surface area contributed by atoms with Crippen molar-refractivity contribution in [3.8, 4) is 0 Å². The summed E-state index contributed by atoms with van der Waals surface area (Å²) in [6.07, 6.45) is 5.41. The second-order valence-electron chi connectivity index (χ2n) is 5.01. The normalized spacial score (nSPS) is 25.8. The predicted molar refractivity (Wildman–Crippen MR) is 75.1 cm³/mol. The molecule has 1 aliphatic heterocycles. The van der Waals surface area contributed by atoms with E-state index in [4.69, 9.17) is 0 Å². The van der Waals surface area contributed by atoms with E-state index < -0.39 is 0 Å². The molecule has 98 valence electrons. The van der Waals surface area contributed by atoms with Crippen molar-refractivity contribution < 1.29 is 9.59 Å². The molecule has 1 aromatic carbocycles. The molecule has 0 unspecified atom stereocenters. The van der Waals surface area contributed by atoms with E-state index in [1.165, 1.54) is 4.90 Å².